The van der Waals surface area contributed by atoms with Gasteiger partial charge in [0.05, 0.1) is 7.11 Å². The summed E-state index contributed by atoms with van der Waals surface area (Å²) in [6.07, 6.45) is 1.67. The number of benzene rings is 1. The van der Waals surface area contributed by atoms with Crippen molar-refractivity contribution < 1.29 is 4.74 Å². The maximum Gasteiger partial charge on any atom is 0.135 e. The van der Waals surface area contributed by atoms with E-state index >= 15 is 0 Å². The van der Waals surface area contributed by atoms with Crippen LogP contribution in [0.4, 0.5) is 5.82 Å². The summed E-state index contributed by atoms with van der Waals surface area (Å²) in [5.41, 5.74) is 2.24. The first-order chi connectivity index (χ1) is 10.1. The monoisotopic (exact) mass is 285 g/mol. The minimum atomic E-state index is 0.578. The molecule has 21 heavy (non-hydrogen) atoms. The summed E-state index contributed by atoms with van der Waals surface area (Å²) >= 11 is 0. The molecule has 1 N–H and O–H groups in total. The van der Waals surface area contributed by atoms with Crippen molar-refractivity contribution in [1.29, 1.82) is 0 Å². The number of nitrogens with one attached hydrogen (secondary N) is 1. The maximum absolute atomic E-state index is 5.26. The number of ether oxygens (including phenoxy) is 1. The Kier molecular flexibility index (Phi) is 5.14. The lowest BCUT2D eigenvalue weighted by molar-refractivity contribution is 0.414. The van der Waals surface area contributed by atoms with E-state index in [1.807, 2.05) is 31.3 Å². The smallest absolute Gasteiger partial charge is 0.135 e. The summed E-state index contributed by atoms with van der Waals surface area (Å²) in [6, 6.07) is 10.1. The van der Waals surface area contributed by atoms with Gasteiger partial charge < -0.3 is 10.1 Å². The summed E-state index contributed by atoms with van der Waals surface area (Å²) in [5, 5.41) is 3.11. The summed E-state index contributed by atoms with van der Waals surface area (Å²) in [5.74, 6) is 3.15. The van der Waals surface area contributed by atoms with E-state index in [1.165, 1.54) is 0 Å². The largest absolute Gasteiger partial charge is 0.497 e. The van der Waals surface area contributed by atoms with E-state index in [0.717, 1.165) is 35.1 Å². The lowest BCUT2D eigenvalue weighted by Crippen LogP contribution is -2.06. The fraction of sp³-hybridized carbons (Fsp3) is 0.412. The molecule has 2 rings (SSSR count). The molecule has 1 aromatic heterocycles. The minimum absolute atomic E-state index is 0.578. The minimum Gasteiger partial charge on any atom is -0.497 e. The van der Waals surface area contributed by atoms with Gasteiger partial charge in [-0.1, -0.05) is 26.0 Å². The summed E-state index contributed by atoms with van der Waals surface area (Å²) in [4.78, 5) is 9.23. The summed E-state index contributed by atoms with van der Waals surface area (Å²) in [6.45, 7) is 4.39. The second kappa shape index (κ2) is 7.07. The quantitative estimate of drug-likeness (QED) is 0.884. The molecule has 0 atom stereocenters. The Morgan fingerprint density at radius 3 is 2.67 bits per heavy atom. The fourth-order valence-electron chi connectivity index (χ4n) is 2.25. The predicted octanol–water partition coefficient (Wildman–Crippen LogP) is 3.32. The van der Waals surface area contributed by atoms with Crippen molar-refractivity contribution in [2.45, 2.75) is 26.7 Å². The van der Waals surface area contributed by atoms with Crippen LogP contribution in [0.2, 0.25) is 0 Å². The van der Waals surface area contributed by atoms with Gasteiger partial charge in [0.2, 0.25) is 0 Å². The molecule has 0 saturated heterocycles. The van der Waals surface area contributed by atoms with E-state index in [-0.39, 0.29) is 0 Å². The topological polar surface area (TPSA) is 47.0 Å². The van der Waals surface area contributed by atoms with Gasteiger partial charge in [0.25, 0.3) is 0 Å². The van der Waals surface area contributed by atoms with Crippen LogP contribution in [-0.2, 0) is 12.8 Å². The molecule has 1 aromatic carbocycles. The van der Waals surface area contributed by atoms with Crippen LogP contribution in [-0.4, -0.2) is 24.1 Å². The van der Waals surface area contributed by atoms with E-state index < -0.39 is 0 Å². The molecule has 1 heterocycles. The third-order valence-electron chi connectivity index (χ3n) is 3.20. The highest BCUT2D eigenvalue weighted by atomic mass is 16.5. The van der Waals surface area contributed by atoms with Gasteiger partial charge in [-0.25, -0.2) is 9.97 Å². The zero-order valence-corrected chi connectivity index (χ0v) is 13.2. The van der Waals surface area contributed by atoms with Crippen LogP contribution in [0.15, 0.2) is 30.3 Å². The lowest BCUT2D eigenvalue weighted by Gasteiger charge is -2.10. The van der Waals surface area contributed by atoms with E-state index in [1.54, 1.807) is 7.11 Å². The van der Waals surface area contributed by atoms with Crippen LogP contribution in [0.25, 0.3) is 0 Å². The zero-order valence-electron chi connectivity index (χ0n) is 13.2. The average molecular weight is 285 g/mol. The number of rotatable bonds is 6. The molecule has 0 radical (unpaired) electrons. The molecule has 4 nitrogen and oxygen atoms in total. The molecule has 0 aliphatic rings. The van der Waals surface area contributed by atoms with E-state index in [4.69, 9.17) is 4.74 Å². The van der Waals surface area contributed by atoms with Crippen LogP contribution in [0, 0.1) is 5.92 Å². The molecule has 0 unspecified atom stereocenters. The lowest BCUT2D eigenvalue weighted by atomic mass is 10.1. The Hall–Kier alpha value is -2.10. The third kappa shape index (κ3) is 4.45. The first-order valence-electron chi connectivity index (χ1n) is 7.28. The maximum atomic E-state index is 5.26. The zero-order chi connectivity index (χ0) is 15.2. The Bertz CT molecular complexity index is 596. The van der Waals surface area contributed by atoms with Gasteiger partial charge in [0, 0.05) is 25.2 Å². The van der Waals surface area contributed by atoms with E-state index in [9.17, 15) is 0 Å². The van der Waals surface area contributed by atoms with Gasteiger partial charge in [0.15, 0.2) is 0 Å². The molecule has 0 fully saturated rings. The molecule has 0 saturated carbocycles. The molecule has 0 aliphatic heterocycles. The van der Waals surface area contributed by atoms with Crippen molar-refractivity contribution in [1.82, 2.24) is 9.97 Å². The number of nitrogens with zero attached hydrogens (tertiary/aromatic N) is 2. The molecule has 0 spiro atoms. The number of methoxy groups -OCH3 is 1. The molecule has 4 heteroatoms. The van der Waals surface area contributed by atoms with Crippen molar-refractivity contribution in [3.05, 3.63) is 47.4 Å². The van der Waals surface area contributed by atoms with Crippen LogP contribution in [0.3, 0.4) is 0 Å². The standard InChI is InChI=1S/C17H23N3O/c1-12(2)8-14-11-16(18-3)20-17(19-14)10-13-6-5-7-15(9-13)21-4/h5-7,9,11-12H,8,10H2,1-4H3,(H,18,19,20). The van der Waals surface area contributed by atoms with Crippen molar-refractivity contribution in [3.8, 4) is 5.75 Å². The van der Waals surface area contributed by atoms with E-state index in [2.05, 4.69) is 35.2 Å². The Balaban J connectivity index is 2.25. The molecule has 112 valence electrons. The van der Waals surface area contributed by atoms with Crippen molar-refractivity contribution >= 4 is 5.82 Å². The van der Waals surface area contributed by atoms with Crippen LogP contribution < -0.4 is 10.1 Å². The van der Waals surface area contributed by atoms with Crippen molar-refractivity contribution in [2.24, 2.45) is 5.92 Å². The van der Waals surface area contributed by atoms with Crippen LogP contribution >= 0.6 is 0 Å². The van der Waals surface area contributed by atoms with Gasteiger partial charge in [-0.15, -0.1) is 0 Å². The highest BCUT2D eigenvalue weighted by molar-refractivity contribution is 5.37. The molecular formula is C17H23N3O. The first kappa shape index (κ1) is 15.3. The van der Waals surface area contributed by atoms with Crippen LogP contribution in [0.5, 0.6) is 5.75 Å². The predicted molar refractivity (Wildman–Crippen MR) is 85.9 cm³/mol. The Morgan fingerprint density at radius 2 is 2.00 bits per heavy atom. The second-order valence-corrected chi connectivity index (χ2v) is 5.54. The molecule has 2 aromatic rings. The highest BCUT2D eigenvalue weighted by Crippen LogP contribution is 2.17. The molecule has 0 aliphatic carbocycles. The third-order valence-corrected chi connectivity index (χ3v) is 3.20. The Labute approximate surface area is 126 Å². The van der Waals surface area contributed by atoms with Gasteiger partial charge in [0.1, 0.15) is 17.4 Å². The fourth-order valence-corrected chi connectivity index (χ4v) is 2.25. The van der Waals surface area contributed by atoms with Crippen molar-refractivity contribution in [3.63, 3.8) is 0 Å². The Morgan fingerprint density at radius 1 is 1.19 bits per heavy atom. The SMILES string of the molecule is CNc1cc(CC(C)C)nc(Cc2cccc(OC)c2)n1. The first-order valence-corrected chi connectivity index (χ1v) is 7.28. The average Bonchev–Trinajstić information content (AvgIpc) is 2.46. The van der Waals surface area contributed by atoms with Gasteiger partial charge >= 0.3 is 0 Å². The highest BCUT2D eigenvalue weighted by Gasteiger charge is 2.07. The van der Waals surface area contributed by atoms with E-state index in [0.29, 0.717) is 12.3 Å². The number of hydrogen-bond acceptors (Lipinski definition) is 4. The second-order valence-electron chi connectivity index (χ2n) is 5.54. The number of anilines is 1. The number of hydrogen-bond donors (Lipinski definition) is 1. The summed E-state index contributed by atoms with van der Waals surface area (Å²) in [7, 11) is 3.56. The molecule has 0 amide bonds. The van der Waals surface area contributed by atoms with Crippen molar-refractivity contribution in [2.75, 3.05) is 19.5 Å². The van der Waals surface area contributed by atoms with Gasteiger partial charge in [-0.2, -0.15) is 0 Å². The number of aromatic nitrogens is 2. The van der Waals surface area contributed by atoms with Crippen LogP contribution in [0.1, 0.15) is 30.9 Å². The summed E-state index contributed by atoms with van der Waals surface area (Å²) < 4.78 is 5.26. The molecular weight excluding hydrogens is 262 g/mol. The van der Waals surface area contributed by atoms with Gasteiger partial charge in [-0.05, 0) is 30.0 Å². The molecule has 0 bridgehead atoms. The normalized spacial score (nSPS) is 10.7. The van der Waals surface area contributed by atoms with Gasteiger partial charge in [-0.3, -0.25) is 0 Å².